The number of hydrogen-bond donors (Lipinski definition) is 1. The van der Waals surface area contributed by atoms with Gasteiger partial charge in [-0.3, -0.25) is 0 Å². The average molecular weight is 328 g/mol. The number of urea groups is 1. The molecule has 2 amide bonds. The van der Waals surface area contributed by atoms with E-state index in [0.717, 1.165) is 30.7 Å². The maximum absolute atomic E-state index is 12.5. The van der Waals surface area contributed by atoms with E-state index in [9.17, 15) is 4.79 Å². The molecule has 24 heavy (non-hydrogen) atoms. The Balaban J connectivity index is 1.61. The molecule has 1 saturated heterocycles. The molecule has 0 unspecified atom stereocenters. The van der Waals surface area contributed by atoms with Gasteiger partial charge >= 0.3 is 6.03 Å². The molecule has 1 aliphatic heterocycles. The Hall–Kier alpha value is -2.34. The number of nitrogens with one attached hydrogen (secondary N) is 1. The molecular weight excluding hydrogens is 304 g/mol. The Morgan fingerprint density at radius 3 is 3.00 bits per heavy atom. The highest BCUT2D eigenvalue weighted by atomic mass is 16.5. The van der Waals surface area contributed by atoms with E-state index >= 15 is 0 Å². The van der Waals surface area contributed by atoms with Crippen LogP contribution in [0.2, 0.25) is 0 Å². The maximum atomic E-state index is 12.5. The smallest absolute Gasteiger partial charge is 0.317 e. The Kier molecular flexibility index (Phi) is 5.48. The van der Waals surface area contributed by atoms with Gasteiger partial charge in [0.15, 0.2) is 0 Å². The first kappa shape index (κ1) is 16.5. The fourth-order valence-corrected chi connectivity index (χ4v) is 2.97. The molecule has 1 fully saturated rings. The standard InChI is InChI=1S/C18H24N4O2/c1-2-21(14-16-8-5-12-24-16)18(23)19-13-15-7-3-4-9-17(15)22-11-6-10-20-22/h3-4,6-7,9-11,16H,2,5,8,12-14H2,1H3,(H,19,23)/t16-/m0/s1. The first-order valence-electron chi connectivity index (χ1n) is 8.50. The van der Waals surface area contributed by atoms with E-state index in [-0.39, 0.29) is 12.1 Å². The van der Waals surface area contributed by atoms with Crippen molar-refractivity contribution < 1.29 is 9.53 Å². The molecule has 0 saturated carbocycles. The molecule has 2 aromatic rings. The van der Waals surface area contributed by atoms with Gasteiger partial charge in [0.25, 0.3) is 0 Å². The number of ether oxygens (including phenoxy) is 1. The van der Waals surface area contributed by atoms with E-state index in [4.69, 9.17) is 4.74 Å². The van der Waals surface area contributed by atoms with Crippen LogP contribution in [0, 0.1) is 0 Å². The third-order valence-corrected chi connectivity index (χ3v) is 4.29. The summed E-state index contributed by atoms with van der Waals surface area (Å²) in [4.78, 5) is 14.3. The van der Waals surface area contributed by atoms with E-state index in [0.29, 0.717) is 19.6 Å². The summed E-state index contributed by atoms with van der Waals surface area (Å²) in [7, 11) is 0. The van der Waals surface area contributed by atoms with Crippen LogP contribution in [0.3, 0.4) is 0 Å². The topological polar surface area (TPSA) is 59.4 Å². The second-order valence-corrected chi connectivity index (χ2v) is 5.91. The maximum Gasteiger partial charge on any atom is 0.317 e. The molecule has 1 aromatic heterocycles. The number of likely N-dealkylation sites (N-methyl/N-ethyl adjacent to an activating group) is 1. The van der Waals surface area contributed by atoms with Crippen molar-refractivity contribution in [3.05, 3.63) is 48.3 Å². The van der Waals surface area contributed by atoms with Gasteiger partial charge in [-0.1, -0.05) is 18.2 Å². The van der Waals surface area contributed by atoms with Gasteiger partial charge in [-0.25, -0.2) is 9.48 Å². The number of amides is 2. The van der Waals surface area contributed by atoms with E-state index < -0.39 is 0 Å². The van der Waals surface area contributed by atoms with Crippen molar-refractivity contribution in [1.29, 1.82) is 0 Å². The fraction of sp³-hybridized carbons (Fsp3) is 0.444. The highest BCUT2D eigenvalue weighted by molar-refractivity contribution is 5.74. The van der Waals surface area contributed by atoms with Crippen LogP contribution in [-0.4, -0.2) is 46.5 Å². The Morgan fingerprint density at radius 1 is 1.42 bits per heavy atom. The van der Waals surface area contributed by atoms with Crippen LogP contribution in [0.25, 0.3) is 5.69 Å². The fourth-order valence-electron chi connectivity index (χ4n) is 2.97. The molecule has 128 valence electrons. The first-order chi connectivity index (χ1) is 11.8. The van der Waals surface area contributed by atoms with Crippen LogP contribution >= 0.6 is 0 Å². The van der Waals surface area contributed by atoms with Gasteiger partial charge in [-0.2, -0.15) is 5.10 Å². The number of rotatable bonds is 6. The zero-order valence-corrected chi connectivity index (χ0v) is 14.0. The molecule has 0 radical (unpaired) electrons. The molecule has 1 atom stereocenters. The monoisotopic (exact) mass is 328 g/mol. The summed E-state index contributed by atoms with van der Waals surface area (Å²) in [6, 6.07) is 9.78. The van der Waals surface area contributed by atoms with Gasteiger partial charge in [0.05, 0.1) is 11.8 Å². The Bertz CT molecular complexity index is 651. The third kappa shape index (κ3) is 3.94. The summed E-state index contributed by atoms with van der Waals surface area (Å²) in [6.07, 6.45) is 5.94. The van der Waals surface area contributed by atoms with Crippen LogP contribution in [0.5, 0.6) is 0 Å². The van der Waals surface area contributed by atoms with Gasteiger partial charge in [0.2, 0.25) is 0 Å². The lowest BCUT2D eigenvalue weighted by molar-refractivity contribution is 0.0826. The summed E-state index contributed by atoms with van der Waals surface area (Å²) >= 11 is 0. The second-order valence-electron chi connectivity index (χ2n) is 5.91. The van der Waals surface area contributed by atoms with Crippen molar-refractivity contribution in [3.63, 3.8) is 0 Å². The minimum atomic E-state index is -0.0525. The van der Waals surface area contributed by atoms with Gasteiger partial charge in [0, 0.05) is 38.6 Å². The van der Waals surface area contributed by atoms with Crippen LogP contribution in [0.4, 0.5) is 4.79 Å². The molecule has 0 spiro atoms. The molecule has 0 bridgehead atoms. The highest BCUT2D eigenvalue weighted by Gasteiger charge is 2.21. The van der Waals surface area contributed by atoms with E-state index in [2.05, 4.69) is 10.4 Å². The molecule has 2 heterocycles. The zero-order chi connectivity index (χ0) is 16.8. The number of carbonyl (C=O) groups excluding carboxylic acids is 1. The summed E-state index contributed by atoms with van der Waals surface area (Å²) in [5.41, 5.74) is 2.01. The number of aromatic nitrogens is 2. The van der Waals surface area contributed by atoms with Gasteiger partial charge in [-0.05, 0) is 37.5 Å². The average Bonchev–Trinajstić information content (AvgIpc) is 3.31. The predicted molar refractivity (Wildman–Crippen MR) is 92.0 cm³/mol. The van der Waals surface area contributed by atoms with Crippen molar-refractivity contribution >= 4 is 6.03 Å². The molecule has 6 nitrogen and oxygen atoms in total. The van der Waals surface area contributed by atoms with Crippen molar-refractivity contribution in [3.8, 4) is 5.69 Å². The van der Waals surface area contributed by atoms with Gasteiger partial charge in [-0.15, -0.1) is 0 Å². The van der Waals surface area contributed by atoms with Crippen molar-refractivity contribution in [2.45, 2.75) is 32.4 Å². The molecule has 1 aromatic carbocycles. The number of carbonyl (C=O) groups is 1. The van der Waals surface area contributed by atoms with Crippen molar-refractivity contribution in [1.82, 2.24) is 20.0 Å². The summed E-state index contributed by atoms with van der Waals surface area (Å²) in [6.45, 7) is 4.60. The lowest BCUT2D eigenvalue weighted by Crippen LogP contribution is -2.43. The molecule has 1 N–H and O–H groups in total. The number of para-hydroxylation sites is 1. The van der Waals surface area contributed by atoms with Crippen LogP contribution in [0.1, 0.15) is 25.3 Å². The highest BCUT2D eigenvalue weighted by Crippen LogP contribution is 2.15. The minimum absolute atomic E-state index is 0.0525. The molecule has 3 rings (SSSR count). The van der Waals surface area contributed by atoms with Crippen LogP contribution < -0.4 is 5.32 Å². The van der Waals surface area contributed by atoms with Crippen molar-refractivity contribution in [2.75, 3.05) is 19.7 Å². The summed E-state index contributed by atoms with van der Waals surface area (Å²) < 4.78 is 7.44. The quantitative estimate of drug-likeness (QED) is 0.887. The lowest BCUT2D eigenvalue weighted by Gasteiger charge is -2.24. The molecule has 6 heteroatoms. The minimum Gasteiger partial charge on any atom is -0.376 e. The summed E-state index contributed by atoms with van der Waals surface area (Å²) in [5, 5.41) is 7.29. The second kappa shape index (κ2) is 7.97. The van der Waals surface area contributed by atoms with E-state index in [1.54, 1.807) is 6.20 Å². The molecule has 0 aliphatic carbocycles. The van der Waals surface area contributed by atoms with E-state index in [1.807, 2.05) is 53.0 Å². The van der Waals surface area contributed by atoms with Crippen LogP contribution in [-0.2, 0) is 11.3 Å². The third-order valence-electron chi connectivity index (χ3n) is 4.29. The normalized spacial score (nSPS) is 17.0. The van der Waals surface area contributed by atoms with Gasteiger partial charge in [0.1, 0.15) is 0 Å². The number of hydrogen-bond acceptors (Lipinski definition) is 3. The number of benzene rings is 1. The number of nitrogens with zero attached hydrogens (tertiary/aromatic N) is 3. The largest absolute Gasteiger partial charge is 0.376 e. The lowest BCUT2D eigenvalue weighted by atomic mass is 10.2. The van der Waals surface area contributed by atoms with Crippen molar-refractivity contribution in [2.24, 2.45) is 0 Å². The Labute approximate surface area is 142 Å². The van der Waals surface area contributed by atoms with E-state index in [1.165, 1.54) is 0 Å². The first-order valence-corrected chi connectivity index (χ1v) is 8.50. The summed E-state index contributed by atoms with van der Waals surface area (Å²) in [5.74, 6) is 0. The predicted octanol–water partition coefficient (Wildman–Crippen LogP) is 2.58. The molecule has 1 aliphatic rings. The zero-order valence-electron chi connectivity index (χ0n) is 14.0. The SMILES string of the molecule is CCN(C[C@@H]1CCCO1)C(=O)NCc1ccccc1-n1cccn1. The van der Waals surface area contributed by atoms with Gasteiger partial charge < -0.3 is 15.0 Å². The molecular formula is C18H24N4O2. The van der Waals surface area contributed by atoms with Crippen LogP contribution in [0.15, 0.2) is 42.7 Å². The Morgan fingerprint density at radius 2 is 2.29 bits per heavy atom.